The maximum Gasteiger partial charge on any atom is 0.342 e. The molecule has 0 aliphatic heterocycles. The van der Waals surface area contributed by atoms with Crippen LogP contribution in [0, 0.1) is 6.92 Å². The number of rotatable bonds is 7. The lowest BCUT2D eigenvalue weighted by Crippen LogP contribution is -1.99. The molecule has 1 aromatic carbocycles. The van der Waals surface area contributed by atoms with Crippen LogP contribution in [-0.4, -0.2) is 35.0 Å². The molecule has 0 aliphatic carbocycles. The number of aromatic nitrogens is 2. The Balaban J connectivity index is 2.38. The third-order valence-corrected chi connectivity index (χ3v) is 4.19. The lowest BCUT2D eigenvalue weighted by atomic mass is 10.2. The Bertz CT molecular complexity index is 775. The molecule has 0 fully saturated rings. The van der Waals surface area contributed by atoms with Crippen molar-refractivity contribution in [2.45, 2.75) is 19.1 Å². The SMILES string of the molecule is CCOc1c(Br)cc(/C=C(\Sc2nnc(C)o2)C(=O)O)cc1OC. The van der Waals surface area contributed by atoms with Crippen LogP contribution in [0.15, 0.2) is 31.2 Å². The average Bonchev–Trinajstić information content (AvgIpc) is 2.94. The van der Waals surface area contributed by atoms with Crippen molar-refractivity contribution in [3.8, 4) is 11.5 Å². The Morgan fingerprint density at radius 2 is 2.21 bits per heavy atom. The fraction of sp³-hybridized carbons (Fsp3) is 0.267. The highest BCUT2D eigenvalue weighted by atomic mass is 79.9. The summed E-state index contributed by atoms with van der Waals surface area (Å²) in [5.41, 5.74) is 0.628. The van der Waals surface area contributed by atoms with Gasteiger partial charge in [0.15, 0.2) is 11.5 Å². The Morgan fingerprint density at radius 3 is 2.75 bits per heavy atom. The maximum atomic E-state index is 11.5. The second-order valence-corrected chi connectivity index (χ2v) is 6.32. The summed E-state index contributed by atoms with van der Waals surface area (Å²) < 4.78 is 16.7. The number of carboxylic acid groups (broad SMARTS) is 1. The molecule has 0 saturated heterocycles. The van der Waals surface area contributed by atoms with Gasteiger partial charge in [-0.2, -0.15) is 0 Å². The molecule has 1 aromatic heterocycles. The van der Waals surface area contributed by atoms with Crippen molar-refractivity contribution >= 4 is 39.7 Å². The van der Waals surface area contributed by atoms with Crippen molar-refractivity contribution < 1.29 is 23.8 Å². The summed E-state index contributed by atoms with van der Waals surface area (Å²) in [6, 6.07) is 3.44. The molecule has 1 heterocycles. The van der Waals surface area contributed by atoms with E-state index in [9.17, 15) is 9.90 Å². The number of nitrogens with zero attached hydrogens (tertiary/aromatic N) is 2. The van der Waals surface area contributed by atoms with Gasteiger partial charge in [0.1, 0.15) is 4.91 Å². The second-order valence-electron chi connectivity index (χ2n) is 4.47. The van der Waals surface area contributed by atoms with Gasteiger partial charge in [-0.3, -0.25) is 0 Å². The van der Waals surface area contributed by atoms with Gasteiger partial charge in [-0.25, -0.2) is 4.79 Å². The standard InChI is InChI=1S/C15H15BrN2O5S/c1-4-22-13-10(16)5-9(6-11(13)21-3)7-12(14(19)20)24-15-18-17-8(2)23-15/h5-7H,4H2,1-3H3,(H,19,20)/b12-7-. The topological polar surface area (TPSA) is 94.7 Å². The van der Waals surface area contributed by atoms with Gasteiger partial charge in [-0.1, -0.05) is 0 Å². The lowest BCUT2D eigenvalue weighted by molar-refractivity contribution is -0.131. The first kappa shape index (κ1) is 18.3. The van der Waals surface area contributed by atoms with Crippen molar-refractivity contribution in [3.05, 3.63) is 33.0 Å². The molecule has 0 bridgehead atoms. The summed E-state index contributed by atoms with van der Waals surface area (Å²) in [6.07, 6.45) is 1.50. The molecule has 2 rings (SSSR count). The summed E-state index contributed by atoms with van der Waals surface area (Å²) in [5, 5.41) is 17.0. The minimum Gasteiger partial charge on any atom is -0.493 e. The van der Waals surface area contributed by atoms with Crippen LogP contribution in [0.2, 0.25) is 0 Å². The maximum absolute atomic E-state index is 11.5. The number of thioether (sulfide) groups is 1. The minimum absolute atomic E-state index is 0.0387. The zero-order valence-corrected chi connectivity index (χ0v) is 15.6. The van der Waals surface area contributed by atoms with Crippen LogP contribution < -0.4 is 9.47 Å². The number of methoxy groups -OCH3 is 1. The molecule has 128 valence electrons. The molecule has 0 amide bonds. The van der Waals surface area contributed by atoms with Crippen LogP contribution in [0.3, 0.4) is 0 Å². The monoisotopic (exact) mass is 414 g/mol. The highest BCUT2D eigenvalue weighted by Crippen LogP contribution is 2.38. The van der Waals surface area contributed by atoms with Gasteiger partial charge >= 0.3 is 5.97 Å². The van der Waals surface area contributed by atoms with E-state index in [1.165, 1.54) is 13.2 Å². The average molecular weight is 415 g/mol. The number of halogens is 1. The van der Waals surface area contributed by atoms with E-state index in [4.69, 9.17) is 13.9 Å². The summed E-state index contributed by atoms with van der Waals surface area (Å²) in [5.74, 6) is 0.336. The molecule has 2 aromatic rings. The van der Waals surface area contributed by atoms with E-state index in [2.05, 4.69) is 26.1 Å². The Kier molecular flexibility index (Phi) is 6.27. The molecule has 0 spiro atoms. The van der Waals surface area contributed by atoms with Crippen LogP contribution in [0.5, 0.6) is 11.5 Å². The van der Waals surface area contributed by atoms with E-state index in [0.717, 1.165) is 11.8 Å². The summed E-state index contributed by atoms with van der Waals surface area (Å²) in [7, 11) is 1.52. The number of benzene rings is 1. The van der Waals surface area contributed by atoms with Gasteiger partial charge in [0.05, 0.1) is 18.2 Å². The van der Waals surface area contributed by atoms with Gasteiger partial charge in [0, 0.05) is 6.92 Å². The van der Waals surface area contributed by atoms with E-state index in [1.54, 1.807) is 19.1 Å². The van der Waals surface area contributed by atoms with Gasteiger partial charge in [0.2, 0.25) is 5.89 Å². The summed E-state index contributed by atoms with van der Waals surface area (Å²) in [4.78, 5) is 11.5. The predicted molar refractivity (Wildman–Crippen MR) is 92.4 cm³/mol. The zero-order chi connectivity index (χ0) is 17.7. The number of carbonyl (C=O) groups is 1. The quantitative estimate of drug-likeness (QED) is 0.540. The second kappa shape index (κ2) is 8.20. The zero-order valence-electron chi connectivity index (χ0n) is 13.2. The first-order valence-electron chi connectivity index (χ1n) is 6.87. The number of ether oxygens (including phenoxy) is 2. The molecule has 0 radical (unpaired) electrons. The fourth-order valence-electron chi connectivity index (χ4n) is 1.81. The third-order valence-electron chi connectivity index (χ3n) is 2.75. The molecule has 7 nitrogen and oxygen atoms in total. The number of hydrogen-bond acceptors (Lipinski definition) is 7. The predicted octanol–water partition coefficient (Wildman–Crippen LogP) is 3.77. The highest BCUT2D eigenvalue weighted by Gasteiger charge is 2.16. The van der Waals surface area contributed by atoms with E-state index in [1.807, 2.05) is 6.92 Å². The number of aliphatic carboxylic acids is 1. The van der Waals surface area contributed by atoms with E-state index in [0.29, 0.717) is 34.0 Å². The molecule has 0 atom stereocenters. The van der Waals surface area contributed by atoms with Crippen molar-refractivity contribution in [2.75, 3.05) is 13.7 Å². The van der Waals surface area contributed by atoms with E-state index < -0.39 is 5.97 Å². The van der Waals surface area contributed by atoms with Crippen molar-refractivity contribution in [3.63, 3.8) is 0 Å². The Labute approximate surface area is 151 Å². The van der Waals surface area contributed by atoms with Gasteiger partial charge in [-0.05, 0) is 58.4 Å². The van der Waals surface area contributed by atoms with E-state index >= 15 is 0 Å². The van der Waals surface area contributed by atoms with E-state index in [-0.39, 0.29) is 10.1 Å². The Morgan fingerprint density at radius 1 is 1.46 bits per heavy atom. The third kappa shape index (κ3) is 4.51. The molecular weight excluding hydrogens is 400 g/mol. The fourth-order valence-corrected chi connectivity index (χ4v) is 3.10. The molecule has 9 heteroatoms. The Hall–Kier alpha value is -2.00. The van der Waals surface area contributed by atoms with Crippen LogP contribution in [0.1, 0.15) is 18.4 Å². The highest BCUT2D eigenvalue weighted by molar-refractivity contribution is 9.10. The van der Waals surface area contributed by atoms with Crippen molar-refractivity contribution in [2.24, 2.45) is 0 Å². The number of carboxylic acids is 1. The molecule has 0 unspecified atom stereocenters. The number of aryl methyl sites for hydroxylation is 1. The first-order valence-corrected chi connectivity index (χ1v) is 8.48. The smallest absolute Gasteiger partial charge is 0.342 e. The summed E-state index contributed by atoms with van der Waals surface area (Å²) >= 11 is 4.29. The van der Waals surface area contributed by atoms with Gasteiger partial charge in [-0.15, -0.1) is 10.2 Å². The van der Waals surface area contributed by atoms with Crippen molar-refractivity contribution in [1.29, 1.82) is 0 Å². The largest absolute Gasteiger partial charge is 0.493 e. The molecule has 0 saturated carbocycles. The molecule has 1 N–H and O–H groups in total. The lowest BCUT2D eigenvalue weighted by Gasteiger charge is -2.12. The molecule has 24 heavy (non-hydrogen) atoms. The summed E-state index contributed by atoms with van der Waals surface area (Å²) in [6.45, 7) is 3.98. The van der Waals surface area contributed by atoms with Crippen LogP contribution in [0.25, 0.3) is 6.08 Å². The van der Waals surface area contributed by atoms with Gasteiger partial charge < -0.3 is 19.0 Å². The van der Waals surface area contributed by atoms with Crippen LogP contribution in [0.4, 0.5) is 0 Å². The molecule has 0 aliphatic rings. The minimum atomic E-state index is -1.10. The van der Waals surface area contributed by atoms with Crippen molar-refractivity contribution in [1.82, 2.24) is 10.2 Å². The normalized spacial score (nSPS) is 11.4. The molecular formula is C15H15BrN2O5S. The first-order chi connectivity index (χ1) is 11.4. The van der Waals surface area contributed by atoms with Crippen LogP contribution >= 0.6 is 27.7 Å². The van der Waals surface area contributed by atoms with Crippen LogP contribution in [-0.2, 0) is 4.79 Å². The van der Waals surface area contributed by atoms with Gasteiger partial charge in [0.25, 0.3) is 5.22 Å². The number of hydrogen-bond donors (Lipinski definition) is 1.